The number of aromatic nitrogens is 2. The minimum absolute atomic E-state index is 0.0685. The van der Waals surface area contributed by atoms with E-state index >= 15 is 0 Å². The average molecular weight is 632 g/mol. The molecular weight excluding hydrogens is 595 g/mol. The van der Waals surface area contributed by atoms with E-state index in [-0.39, 0.29) is 43.6 Å². The van der Waals surface area contributed by atoms with Gasteiger partial charge in [-0.2, -0.15) is 18.2 Å². The smallest absolute Gasteiger partial charge is 0.473 e. The normalized spacial score (nSPS) is 12.0. The third-order valence-electron chi connectivity index (χ3n) is 5.94. The number of nitrogens with one attached hydrogen (secondary N) is 3. The van der Waals surface area contributed by atoms with Crippen LogP contribution < -0.4 is 26.1 Å². The molecule has 0 atom stereocenters. The van der Waals surface area contributed by atoms with Gasteiger partial charge >= 0.3 is 18.2 Å². The lowest BCUT2D eigenvalue weighted by Crippen LogP contribution is -2.36. The van der Waals surface area contributed by atoms with Crippen LogP contribution in [0, 0.1) is 10.8 Å². The monoisotopic (exact) mass is 631 g/mol. The summed E-state index contributed by atoms with van der Waals surface area (Å²) in [7, 11) is 0. The molecule has 5 N–H and O–H groups in total. The van der Waals surface area contributed by atoms with E-state index in [9.17, 15) is 22.8 Å². The van der Waals surface area contributed by atoms with E-state index in [2.05, 4.69) is 10.3 Å². The van der Waals surface area contributed by atoms with E-state index in [1.807, 2.05) is 0 Å². The number of imidazole rings is 1. The highest BCUT2D eigenvalue weighted by Crippen LogP contribution is 2.17. The van der Waals surface area contributed by atoms with Gasteiger partial charge in [0.1, 0.15) is 28.8 Å². The molecule has 0 radical (unpaired) electrons. The Morgan fingerprint density at radius 2 is 1.31 bits per heavy atom. The first-order chi connectivity index (χ1) is 21.1. The first-order valence-corrected chi connectivity index (χ1v) is 13.9. The summed E-state index contributed by atoms with van der Waals surface area (Å²) in [6.07, 6.45) is -1.97. The zero-order valence-electron chi connectivity index (χ0n) is 25.1. The minimum Gasteiger partial charge on any atom is -0.494 e. The minimum atomic E-state index is -5.11. The van der Waals surface area contributed by atoms with Crippen LogP contribution in [-0.2, 0) is 22.6 Å². The molecule has 0 bridgehead atoms. The van der Waals surface area contributed by atoms with Crippen molar-refractivity contribution in [2.45, 2.75) is 58.5 Å². The molecule has 2 amide bonds. The van der Waals surface area contributed by atoms with Gasteiger partial charge in [-0.15, -0.1) is 0 Å². The number of nitrogens with zero attached hydrogens (tertiary/aromatic N) is 3. The van der Waals surface area contributed by atoms with Gasteiger partial charge in [0.2, 0.25) is 5.62 Å². The lowest BCUT2D eigenvalue weighted by Gasteiger charge is -2.19. The van der Waals surface area contributed by atoms with Crippen LogP contribution in [0.5, 0.6) is 11.5 Å². The number of amidine groups is 2. The molecule has 3 aromatic rings. The van der Waals surface area contributed by atoms with Crippen LogP contribution in [0.25, 0.3) is 0 Å². The number of hydrogen-bond acceptors (Lipinski definition) is 7. The van der Waals surface area contributed by atoms with Crippen molar-refractivity contribution < 1.29 is 37.0 Å². The van der Waals surface area contributed by atoms with Crippen LogP contribution in [0.1, 0.15) is 44.7 Å². The zero-order valence-corrected chi connectivity index (χ0v) is 25.1. The summed E-state index contributed by atoms with van der Waals surface area (Å²) in [5, 5.41) is 17.8. The molecule has 0 unspecified atom stereocenters. The molecule has 1 heterocycles. The largest absolute Gasteiger partial charge is 0.494 e. The first-order valence-electron chi connectivity index (χ1n) is 13.9. The third-order valence-corrected chi connectivity index (χ3v) is 5.94. The number of nitrogen functional groups attached to an aromatic ring is 1. The first kappa shape index (κ1) is 34.4. The molecule has 0 spiro atoms. The molecule has 12 nitrogen and oxygen atoms in total. The quantitative estimate of drug-likeness (QED) is 0.132. The summed E-state index contributed by atoms with van der Waals surface area (Å²) in [5.74, 6) is -1.39. The number of nitrogens with two attached hydrogens (primary N) is 1. The molecule has 0 saturated heterocycles. The summed E-state index contributed by atoms with van der Waals surface area (Å²) < 4.78 is 58.5. The predicted molar refractivity (Wildman–Crippen MR) is 159 cm³/mol. The maximum atomic E-state index is 13.0. The van der Waals surface area contributed by atoms with Crippen molar-refractivity contribution in [1.82, 2.24) is 14.5 Å². The van der Waals surface area contributed by atoms with E-state index < -0.39 is 23.8 Å². The molecule has 2 aromatic carbocycles. The number of aryl methyl sites for hydroxylation is 2. The van der Waals surface area contributed by atoms with Crippen molar-refractivity contribution in [3.05, 3.63) is 77.7 Å². The highest BCUT2D eigenvalue weighted by molar-refractivity contribution is 6.04. The van der Waals surface area contributed by atoms with E-state index in [0.717, 1.165) is 0 Å². The predicted octanol–water partition coefficient (Wildman–Crippen LogP) is 4.35. The third kappa shape index (κ3) is 11.2. The van der Waals surface area contributed by atoms with Crippen LogP contribution in [0.2, 0.25) is 0 Å². The summed E-state index contributed by atoms with van der Waals surface area (Å²) in [5.41, 5.74) is 5.57. The van der Waals surface area contributed by atoms with E-state index in [1.165, 1.54) is 9.13 Å². The molecule has 0 aliphatic heterocycles. The van der Waals surface area contributed by atoms with E-state index in [1.54, 1.807) is 81.7 Å². The highest BCUT2D eigenvalue weighted by atomic mass is 19.4. The SMILES string of the molecule is CC(C)(C)OC(=O)NC(=N)c1ccc(OCCCn2ccn(CCCOc3ccc(C(=N)N)cc3)/c2=N/C(=O)C(F)(F)F)cc1. The summed E-state index contributed by atoms with van der Waals surface area (Å²) in [6.45, 7) is 6.05. The topological polar surface area (TPSA) is 170 Å². The van der Waals surface area contributed by atoms with Crippen LogP contribution in [0.4, 0.5) is 18.0 Å². The van der Waals surface area contributed by atoms with Crippen molar-refractivity contribution in [1.29, 1.82) is 10.8 Å². The lowest BCUT2D eigenvalue weighted by molar-refractivity contribution is -0.169. The molecule has 0 saturated carbocycles. The number of benzene rings is 2. The molecule has 1 aromatic heterocycles. The summed E-state index contributed by atoms with van der Waals surface area (Å²) in [6, 6.07) is 13.0. The Morgan fingerprint density at radius 1 is 0.844 bits per heavy atom. The maximum absolute atomic E-state index is 13.0. The fraction of sp³-hybridized carbons (Fsp3) is 0.367. The molecular formula is C30H36F3N7O5. The van der Waals surface area contributed by atoms with Gasteiger partial charge in [0, 0.05) is 36.6 Å². The number of alkyl halides is 3. The van der Waals surface area contributed by atoms with Gasteiger partial charge in [-0.05, 0) is 82.1 Å². The van der Waals surface area contributed by atoms with Crippen LogP contribution in [0.15, 0.2) is 65.9 Å². The molecule has 242 valence electrons. The van der Waals surface area contributed by atoms with Crippen molar-refractivity contribution in [2.75, 3.05) is 13.2 Å². The Hall–Kier alpha value is -5.08. The molecule has 0 aliphatic carbocycles. The molecule has 0 aliphatic rings. The lowest BCUT2D eigenvalue weighted by atomic mass is 10.2. The zero-order chi connectivity index (χ0) is 33.2. The van der Waals surface area contributed by atoms with Crippen molar-refractivity contribution in [3.8, 4) is 11.5 Å². The Balaban J connectivity index is 1.55. The summed E-state index contributed by atoms with van der Waals surface area (Å²) in [4.78, 5) is 26.9. The van der Waals surface area contributed by atoms with Crippen LogP contribution in [0.3, 0.4) is 0 Å². The number of rotatable bonds is 12. The van der Waals surface area contributed by atoms with E-state index in [4.69, 9.17) is 30.8 Å². The number of hydrogen-bond donors (Lipinski definition) is 4. The number of amides is 2. The standard InChI is InChI=1S/C30H36F3N7O5/c1-29(2,3)45-28(42)37-25(36)21-8-12-23(13-9-21)44-19-5-15-40-17-16-39(27(40)38-26(41)30(31,32)33)14-4-18-43-22-10-6-20(7-11-22)24(34)35/h6-13,16-17H,4-5,14-15,18-19H2,1-3H3,(H3,34,35)(H2,36,37,42)/b38-27-. The Bertz CT molecular complexity index is 1550. The van der Waals surface area contributed by atoms with E-state index in [0.29, 0.717) is 35.5 Å². The Morgan fingerprint density at radius 3 is 1.73 bits per heavy atom. The molecule has 45 heavy (non-hydrogen) atoms. The van der Waals surface area contributed by atoms with Gasteiger partial charge in [0.15, 0.2) is 0 Å². The number of carbonyl (C=O) groups is 2. The second-order valence-electron chi connectivity index (χ2n) is 10.8. The van der Waals surface area contributed by atoms with Gasteiger partial charge in [-0.3, -0.25) is 20.9 Å². The van der Waals surface area contributed by atoms with Crippen molar-refractivity contribution in [2.24, 2.45) is 10.7 Å². The fourth-order valence-electron chi connectivity index (χ4n) is 3.87. The fourth-order valence-corrected chi connectivity index (χ4v) is 3.87. The van der Waals surface area contributed by atoms with Crippen molar-refractivity contribution >= 4 is 23.7 Å². The van der Waals surface area contributed by atoms with Crippen LogP contribution in [-0.4, -0.2) is 57.8 Å². The number of halogens is 3. The Kier molecular flexibility index (Phi) is 11.5. The van der Waals surface area contributed by atoms with Crippen molar-refractivity contribution in [3.63, 3.8) is 0 Å². The molecule has 0 fully saturated rings. The number of carbonyl (C=O) groups excluding carboxylic acids is 2. The molecule has 15 heteroatoms. The maximum Gasteiger partial charge on any atom is 0.473 e. The van der Waals surface area contributed by atoms with Crippen LogP contribution >= 0.6 is 0 Å². The Labute approximate surface area is 257 Å². The second-order valence-corrected chi connectivity index (χ2v) is 10.8. The molecule has 3 rings (SSSR count). The number of alkyl carbamates (subject to hydrolysis) is 1. The van der Waals surface area contributed by atoms with Gasteiger partial charge in [0.25, 0.3) is 0 Å². The highest BCUT2D eigenvalue weighted by Gasteiger charge is 2.38. The average Bonchev–Trinajstić information content (AvgIpc) is 3.33. The summed E-state index contributed by atoms with van der Waals surface area (Å²) >= 11 is 0. The van der Waals surface area contributed by atoms with Gasteiger partial charge in [-0.1, -0.05) is 0 Å². The van der Waals surface area contributed by atoms with Gasteiger partial charge in [0.05, 0.1) is 13.2 Å². The van der Waals surface area contributed by atoms with Gasteiger partial charge in [-0.25, -0.2) is 4.79 Å². The van der Waals surface area contributed by atoms with Gasteiger partial charge < -0.3 is 29.1 Å². The second kappa shape index (κ2) is 15.1. The number of ether oxygens (including phenoxy) is 3.